The Hall–Kier alpha value is -1.97. The number of carbonyl (C=O) groups excluding carboxylic acids is 1. The van der Waals surface area contributed by atoms with Crippen molar-refractivity contribution in [2.45, 2.75) is 13.3 Å². The second-order valence-electron chi connectivity index (χ2n) is 3.76. The molecule has 0 aliphatic carbocycles. The van der Waals surface area contributed by atoms with Gasteiger partial charge in [-0.3, -0.25) is 0 Å². The van der Waals surface area contributed by atoms with Crippen molar-refractivity contribution in [3.8, 4) is 5.75 Å². The summed E-state index contributed by atoms with van der Waals surface area (Å²) >= 11 is 0. The van der Waals surface area contributed by atoms with Crippen molar-refractivity contribution >= 4 is 6.03 Å². The van der Waals surface area contributed by atoms with E-state index in [2.05, 4.69) is 17.2 Å². The van der Waals surface area contributed by atoms with Gasteiger partial charge in [0.15, 0.2) is 0 Å². The van der Waals surface area contributed by atoms with E-state index < -0.39 is 0 Å². The molecule has 4 nitrogen and oxygen atoms in total. The van der Waals surface area contributed by atoms with Crippen LogP contribution in [0.1, 0.15) is 12.5 Å². The Bertz CT molecular complexity index is 402. The van der Waals surface area contributed by atoms with E-state index in [9.17, 15) is 4.79 Å². The van der Waals surface area contributed by atoms with E-state index in [0.717, 1.165) is 17.7 Å². The molecule has 0 aliphatic rings. The van der Waals surface area contributed by atoms with Gasteiger partial charge in [0, 0.05) is 12.2 Å². The summed E-state index contributed by atoms with van der Waals surface area (Å²) in [6.45, 7) is 5.91. The van der Waals surface area contributed by atoms with Crippen molar-refractivity contribution in [1.29, 1.82) is 0 Å². The van der Waals surface area contributed by atoms with Crippen molar-refractivity contribution in [2.24, 2.45) is 0 Å². The van der Waals surface area contributed by atoms with Gasteiger partial charge < -0.3 is 15.4 Å². The van der Waals surface area contributed by atoms with E-state index in [0.29, 0.717) is 12.2 Å². The highest BCUT2D eigenvalue weighted by molar-refractivity contribution is 5.75. The fraction of sp³-hybridized carbons (Fsp3) is 0.308. The smallest absolute Gasteiger partial charge is 0.318 e. The van der Waals surface area contributed by atoms with Crippen LogP contribution in [0.3, 0.4) is 0 Å². The zero-order valence-corrected chi connectivity index (χ0v) is 10.2. The molecular formula is C13H18N2O2. The number of benzene rings is 1. The molecule has 1 aromatic rings. The van der Waals surface area contributed by atoms with Crippen LogP contribution in [0.4, 0.5) is 4.79 Å². The van der Waals surface area contributed by atoms with E-state index >= 15 is 0 Å². The third kappa shape index (κ3) is 5.06. The highest BCUT2D eigenvalue weighted by Crippen LogP contribution is 2.12. The van der Waals surface area contributed by atoms with Crippen LogP contribution in [0.15, 0.2) is 36.5 Å². The molecule has 17 heavy (non-hydrogen) atoms. The normalized spacial score (nSPS) is 9.53. The number of hydrogen-bond acceptors (Lipinski definition) is 2. The second-order valence-corrected chi connectivity index (χ2v) is 3.76. The number of methoxy groups -OCH3 is 1. The van der Waals surface area contributed by atoms with Gasteiger partial charge in [-0.1, -0.05) is 18.7 Å². The molecule has 0 spiro atoms. The minimum Gasteiger partial charge on any atom is -0.497 e. The van der Waals surface area contributed by atoms with Crippen molar-refractivity contribution in [1.82, 2.24) is 10.6 Å². The quantitative estimate of drug-likeness (QED) is 0.819. The highest BCUT2D eigenvalue weighted by Gasteiger charge is 2.00. The Morgan fingerprint density at radius 2 is 2.24 bits per heavy atom. The molecule has 2 amide bonds. The van der Waals surface area contributed by atoms with E-state index in [1.54, 1.807) is 14.0 Å². The van der Waals surface area contributed by atoms with Gasteiger partial charge in [-0.15, -0.1) is 0 Å². The van der Waals surface area contributed by atoms with Crippen LogP contribution in [0.5, 0.6) is 5.75 Å². The first-order valence-electron chi connectivity index (χ1n) is 5.45. The van der Waals surface area contributed by atoms with Crippen LogP contribution in [0.25, 0.3) is 0 Å². The lowest BCUT2D eigenvalue weighted by molar-refractivity contribution is 0.243. The van der Waals surface area contributed by atoms with Gasteiger partial charge in [0.25, 0.3) is 0 Å². The molecule has 0 heterocycles. The molecular weight excluding hydrogens is 216 g/mol. The monoisotopic (exact) mass is 234 g/mol. The molecule has 0 unspecified atom stereocenters. The van der Waals surface area contributed by atoms with Gasteiger partial charge in [-0.25, -0.2) is 4.79 Å². The molecule has 92 valence electrons. The predicted octanol–water partition coefficient (Wildman–Crippen LogP) is 2.07. The summed E-state index contributed by atoms with van der Waals surface area (Å²) in [6.07, 6.45) is 0.765. The van der Waals surface area contributed by atoms with Gasteiger partial charge in [-0.05, 0) is 31.0 Å². The maximum Gasteiger partial charge on any atom is 0.318 e. The molecule has 1 aromatic carbocycles. The molecule has 0 radical (unpaired) electrons. The number of urea groups is 1. The molecule has 0 bridgehead atoms. The van der Waals surface area contributed by atoms with Gasteiger partial charge in [0.05, 0.1) is 7.11 Å². The standard InChI is InChI=1S/C13H18N2O2/c1-10(2)15-13(16)14-8-7-11-5-4-6-12(9-11)17-3/h4-6,9H,1,7-8H2,2-3H3,(H2,14,15,16). The molecule has 0 aromatic heterocycles. The van der Waals surface area contributed by atoms with Crippen molar-refractivity contribution in [3.05, 3.63) is 42.1 Å². The summed E-state index contributed by atoms with van der Waals surface area (Å²) in [4.78, 5) is 11.3. The number of nitrogens with one attached hydrogen (secondary N) is 2. The average molecular weight is 234 g/mol. The third-order valence-electron chi connectivity index (χ3n) is 2.16. The first kappa shape index (κ1) is 13.1. The molecule has 0 fully saturated rings. The number of rotatable bonds is 5. The fourth-order valence-corrected chi connectivity index (χ4v) is 1.39. The Morgan fingerprint density at radius 1 is 1.47 bits per heavy atom. The molecule has 0 saturated carbocycles. The van der Waals surface area contributed by atoms with E-state index in [1.807, 2.05) is 24.3 Å². The summed E-state index contributed by atoms with van der Waals surface area (Å²) in [5.41, 5.74) is 1.75. The summed E-state index contributed by atoms with van der Waals surface area (Å²) < 4.78 is 5.12. The van der Waals surface area contributed by atoms with Gasteiger partial charge in [-0.2, -0.15) is 0 Å². The Kier molecular flexibility index (Phi) is 5.07. The number of hydrogen-bond donors (Lipinski definition) is 2. The van der Waals surface area contributed by atoms with E-state index in [4.69, 9.17) is 4.74 Å². The van der Waals surface area contributed by atoms with Crippen LogP contribution in [0, 0.1) is 0 Å². The zero-order valence-electron chi connectivity index (χ0n) is 10.2. The van der Waals surface area contributed by atoms with Crippen molar-refractivity contribution < 1.29 is 9.53 Å². The predicted molar refractivity (Wildman–Crippen MR) is 68.0 cm³/mol. The largest absolute Gasteiger partial charge is 0.497 e. The summed E-state index contributed by atoms with van der Waals surface area (Å²) in [5, 5.41) is 5.33. The molecule has 1 rings (SSSR count). The second kappa shape index (κ2) is 6.58. The molecule has 2 N–H and O–H groups in total. The molecule has 0 atom stereocenters. The molecule has 4 heteroatoms. The first-order chi connectivity index (χ1) is 8.11. The number of allylic oxidation sites excluding steroid dienone is 1. The SMILES string of the molecule is C=C(C)NC(=O)NCCc1cccc(OC)c1. The number of ether oxygens (including phenoxy) is 1. The minimum absolute atomic E-state index is 0.222. The van der Waals surface area contributed by atoms with Crippen LogP contribution in [-0.2, 0) is 6.42 Å². The summed E-state index contributed by atoms with van der Waals surface area (Å²) in [6, 6.07) is 7.56. The van der Waals surface area contributed by atoms with Gasteiger partial charge in [0.1, 0.15) is 5.75 Å². The van der Waals surface area contributed by atoms with Crippen LogP contribution >= 0.6 is 0 Å². The third-order valence-corrected chi connectivity index (χ3v) is 2.16. The Balaban J connectivity index is 2.35. The minimum atomic E-state index is -0.222. The molecule has 0 aliphatic heterocycles. The van der Waals surface area contributed by atoms with Crippen molar-refractivity contribution in [2.75, 3.05) is 13.7 Å². The van der Waals surface area contributed by atoms with Crippen LogP contribution in [0.2, 0.25) is 0 Å². The maximum absolute atomic E-state index is 11.3. The number of amides is 2. The Labute approximate surface area is 102 Å². The number of carbonyl (C=O) groups is 1. The highest BCUT2D eigenvalue weighted by atomic mass is 16.5. The van der Waals surface area contributed by atoms with Crippen LogP contribution in [-0.4, -0.2) is 19.7 Å². The van der Waals surface area contributed by atoms with Gasteiger partial charge in [0.2, 0.25) is 0 Å². The zero-order chi connectivity index (χ0) is 12.7. The fourth-order valence-electron chi connectivity index (χ4n) is 1.39. The Morgan fingerprint density at radius 3 is 2.88 bits per heavy atom. The van der Waals surface area contributed by atoms with E-state index in [1.165, 1.54) is 0 Å². The topological polar surface area (TPSA) is 50.4 Å². The average Bonchev–Trinajstić information content (AvgIpc) is 2.28. The molecule has 0 saturated heterocycles. The first-order valence-corrected chi connectivity index (χ1v) is 5.45. The van der Waals surface area contributed by atoms with Crippen molar-refractivity contribution in [3.63, 3.8) is 0 Å². The van der Waals surface area contributed by atoms with E-state index in [-0.39, 0.29) is 6.03 Å². The lowest BCUT2D eigenvalue weighted by Gasteiger charge is -2.07. The summed E-state index contributed by atoms with van der Waals surface area (Å²) in [5.74, 6) is 0.828. The summed E-state index contributed by atoms with van der Waals surface area (Å²) in [7, 11) is 1.64. The van der Waals surface area contributed by atoms with Crippen LogP contribution < -0.4 is 15.4 Å². The lowest BCUT2D eigenvalue weighted by Crippen LogP contribution is -2.35. The maximum atomic E-state index is 11.3. The van der Waals surface area contributed by atoms with Gasteiger partial charge >= 0.3 is 6.03 Å². The lowest BCUT2D eigenvalue weighted by atomic mass is 10.1.